The van der Waals surface area contributed by atoms with Crippen molar-refractivity contribution in [2.75, 3.05) is 25.1 Å². The van der Waals surface area contributed by atoms with Gasteiger partial charge >= 0.3 is 0 Å². The van der Waals surface area contributed by atoms with Crippen LogP contribution in [0.1, 0.15) is 19.8 Å². The lowest BCUT2D eigenvalue weighted by Gasteiger charge is -2.47. The van der Waals surface area contributed by atoms with E-state index in [-0.39, 0.29) is 17.5 Å². The van der Waals surface area contributed by atoms with Crippen LogP contribution in [0.2, 0.25) is 0 Å². The van der Waals surface area contributed by atoms with Crippen molar-refractivity contribution in [2.45, 2.75) is 31.4 Å². The standard InChI is InChI=1S/C14H21FN2O/c1-11-9-14(10-16,7-8-18-11)17(2)13-5-3-12(15)4-6-13/h3-6,11H,7-10,16H2,1-2H3. The number of ether oxygens (including phenoxy) is 1. The molecule has 0 spiro atoms. The summed E-state index contributed by atoms with van der Waals surface area (Å²) in [6, 6.07) is 6.57. The zero-order valence-corrected chi connectivity index (χ0v) is 11.0. The van der Waals surface area contributed by atoms with E-state index in [1.165, 1.54) is 12.1 Å². The second kappa shape index (κ2) is 5.24. The summed E-state index contributed by atoms with van der Waals surface area (Å²) < 4.78 is 18.6. The number of nitrogens with zero attached hydrogens (tertiary/aromatic N) is 1. The maximum absolute atomic E-state index is 13.0. The van der Waals surface area contributed by atoms with E-state index in [1.807, 2.05) is 7.05 Å². The van der Waals surface area contributed by atoms with Crippen molar-refractivity contribution in [1.82, 2.24) is 0 Å². The molecule has 0 aromatic heterocycles. The monoisotopic (exact) mass is 252 g/mol. The smallest absolute Gasteiger partial charge is 0.123 e. The Morgan fingerprint density at radius 2 is 2.11 bits per heavy atom. The topological polar surface area (TPSA) is 38.5 Å². The largest absolute Gasteiger partial charge is 0.378 e. The Morgan fingerprint density at radius 3 is 2.67 bits per heavy atom. The van der Waals surface area contributed by atoms with E-state index in [2.05, 4.69) is 11.8 Å². The zero-order valence-electron chi connectivity index (χ0n) is 11.0. The van der Waals surface area contributed by atoms with E-state index >= 15 is 0 Å². The molecule has 3 nitrogen and oxygen atoms in total. The van der Waals surface area contributed by atoms with E-state index in [0.717, 1.165) is 25.1 Å². The Kier molecular flexibility index (Phi) is 3.88. The van der Waals surface area contributed by atoms with Gasteiger partial charge in [0.25, 0.3) is 0 Å². The summed E-state index contributed by atoms with van der Waals surface area (Å²) in [6.07, 6.45) is 2.02. The summed E-state index contributed by atoms with van der Waals surface area (Å²) in [6.45, 7) is 3.38. The maximum Gasteiger partial charge on any atom is 0.123 e. The van der Waals surface area contributed by atoms with Gasteiger partial charge in [0.2, 0.25) is 0 Å². The molecule has 100 valence electrons. The lowest BCUT2D eigenvalue weighted by molar-refractivity contribution is -0.00638. The van der Waals surface area contributed by atoms with Crippen LogP contribution < -0.4 is 10.6 Å². The van der Waals surface area contributed by atoms with E-state index in [9.17, 15) is 4.39 Å². The first-order valence-corrected chi connectivity index (χ1v) is 6.38. The summed E-state index contributed by atoms with van der Waals surface area (Å²) in [5, 5.41) is 0. The van der Waals surface area contributed by atoms with Gasteiger partial charge in [-0.3, -0.25) is 0 Å². The molecule has 2 N–H and O–H groups in total. The Labute approximate surface area is 108 Å². The Balaban J connectivity index is 2.23. The minimum absolute atomic E-state index is 0.0878. The first-order chi connectivity index (χ1) is 8.57. The van der Waals surface area contributed by atoms with E-state index in [1.54, 1.807) is 12.1 Å². The van der Waals surface area contributed by atoms with Gasteiger partial charge < -0.3 is 15.4 Å². The molecule has 1 aromatic carbocycles. The number of hydrogen-bond donors (Lipinski definition) is 1. The van der Waals surface area contributed by atoms with Gasteiger partial charge in [-0.1, -0.05) is 0 Å². The highest BCUT2D eigenvalue weighted by atomic mass is 19.1. The second-order valence-corrected chi connectivity index (χ2v) is 5.10. The second-order valence-electron chi connectivity index (χ2n) is 5.10. The van der Waals surface area contributed by atoms with Gasteiger partial charge in [0, 0.05) is 25.9 Å². The number of anilines is 1. The molecule has 0 bridgehead atoms. The van der Waals surface area contributed by atoms with Gasteiger partial charge in [-0.15, -0.1) is 0 Å². The fourth-order valence-electron chi connectivity index (χ4n) is 2.71. The van der Waals surface area contributed by atoms with Gasteiger partial charge in [0.05, 0.1) is 11.6 Å². The van der Waals surface area contributed by atoms with Crippen molar-refractivity contribution >= 4 is 5.69 Å². The van der Waals surface area contributed by atoms with Crippen LogP contribution in [0.5, 0.6) is 0 Å². The summed E-state index contributed by atoms with van der Waals surface area (Å²) in [7, 11) is 2.03. The molecule has 4 heteroatoms. The number of halogens is 1. The van der Waals surface area contributed by atoms with E-state index < -0.39 is 0 Å². The Morgan fingerprint density at radius 1 is 1.44 bits per heavy atom. The highest BCUT2D eigenvalue weighted by Gasteiger charge is 2.38. The summed E-state index contributed by atoms with van der Waals surface area (Å²) in [5.41, 5.74) is 6.91. The molecule has 1 aromatic rings. The number of hydrogen-bond acceptors (Lipinski definition) is 3. The molecule has 1 fully saturated rings. The predicted molar refractivity (Wildman–Crippen MR) is 71.2 cm³/mol. The van der Waals surface area contributed by atoms with Crippen molar-refractivity contribution in [1.29, 1.82) is 0 Å². The average Bonchev–Trinajstić information content (AvgIpc) is 2.38. The van der Waals surface area contributed by atoms with Gasteiger partial charge in [-0.25, -0.2) is 4.39 Å². The lowest BCUT2D eigenvalue weighted by atomic mass is 9.85. The molecule has 0 saturated carbocycles. The molecular weight excluding hydrogens is 231 g/mol. The molecule has 2 atom stereocenters. The predicted octanol–water partition coefficient (Wildman–Crippen LogP) is 2.16. The van der Waals surface area contributed by atoms with Crippen molar-refractivity contribution in [3.8, 4) is 0 Å². The van der Waals surface area contributed by atoms with Crippen LogP contribution in [0.15, 0.2) is 24.3 Å². The quantitative estimate of drug-likeness (QED) is 0.896. The molecule has 18 heavy (non-hydrogen) atoms. The average molecular weight is 252 g/mol. The SMILES string of the molecule is CC1CC(CN)(N(C)c2ccc(F)cc2)CCO1. The van der Waals surface area contributed by atoms with E-state index in [4.69, 9.17) is 10.5 Å². The fourth-order valence-corrected chi connectivity index (χ4v) is 2.71. The molecule has 2 rings (SSSR count). The molecule has 1 aliphatic heterocycles. The number of benzene rings is 1. The van der Waals surface area contributed by atoms with Gasteiger partial charge in [0.15, 0.2) is 0 Å². The third kappa shape index (κ3) is 2.49. The molecule has 1 heterocycles. The molecule has 0 amide bonds. The Bertz CT molecular complexity index is 395. The molecule has 0 radical (unpaired) electrons. The zero-order chi connectivity index (χ0) is 13.2. The molecule has 0 aliphatic carbocycles. The van der Waals surface area contributed by atoms with Crippen molar-refractivity contribution in [2.24, 2.45) is 5.73 Å². The van der Waals surface area contributed by atoms with E-state index in [0.29, 0.717) is 6.54 Å². The normalized spacial score (nSPS) is 28.1. The number of rotatable bonds is 3. The third-order valence-electron chi connectivity index (χ3n) is 3.94. The molecular formula is C14H21FN2O. The Hall–Kier alpha value is -1.13. The van der Waals surface area contributed by atoms with Crippen molar-refractivity contribution in [3.05, 3.63) is 30.1 Å². The summed E-state index contributed by atoms with van der Waals surface area (Å²) in [5.74, 6) is -0.214. The van der Waals surface area contributed by atoms with Gasteiger partial charge in [-0.2, -0.15) is 0 Å². The van der Waals surface area contributed by atoms with Gasteiger partial charge in [-0.05, 0) is 44.0 Å². The van der Waals surface area contributed by atoms with Crippen LogP contribution in [-0.4, -0.2) is 31.8 Å². The van der Waals surface area contributed by atoms with Crippen LogP contribution in [-0.2, 0) is 4.74 Å². The van der Waals surface area contributed by atoms with Crippen LogP contribution >= 0.6 is 0 Å². The molecule has 1 aliphatic rings. The third-order valence-corrected chi connectivity index (χ3v) is 3.94. The lowest BCUT2D eigenvalue weighted by Crippen LogP contribution is -2.57. The minimum Gasteiger partial charge on any atom is -0.378 e. The van der Waals surface area contributed by atoms with Gasteiger partial charge in [0.1, 0.15) is 5.82 Å². The van der Waals surface area contributed by atoms with Crippen LogP contribution in [0.4, 0.5) is 10.1 Å². The van der Waals surface area contributed by atoms with Crippen molar-refractivity contribution < 1.29 is 9.13 Å². The summed E-state index contributed by atoms with van der Waals surface area (Å²) in [4.78, 5) is 2.17. The highest BCUT2D eigenvalue weighted by Crippen LogP contribution is 2.32. The highest BCUT2D eigenvalue weighted by molar-refractivity contribution is 5.48. The maximum atomic E-state index is 13.0. The first kappa shape index (κ1) is 13.3. The number of likely N-dealkylation sites (N-methyl/N-ethyl adjacent to an activating group) is 1. The molecule has 1 saturated heterocycles. The van der Waals surface area contributed by atoms with Crippen LogP contribution in [0.25, 0.3) is 0 Å². The number of nitrogens with two attached hydrogens (primary N) is 1. The first-order valence-electron chi connectivity index (χ1n) is 6.38. The van der Waals surface area contributed by atoms with Crippen molar-refractivity contribution in [3.63, 3.8) is 0 Å². The summed E-state index contributed by atoms with van der Waals surface area (Å²) >= 11 is 0. The van der Waals surface area contributed by atoms with Crippen LogP contribution in [0.3, 0.4) is 0 Å². The van der Waals surface area contributed by atoms with Crippen LogP contribution in [0, 0.1) is 5.82 Å². The fraction of sp³-hybridized carbons (Fsp3) is 0.571. The minimum atomic E-state index is -0.214. The molecule has 2 unspecified atom stereocenters.